The first-order chi connectivity index (χ1) is 15.9. The van der Waals surface area contributed by atoms with Crippen molar-refractivity contribution >= 4 is 35.8 Å². The van der Waals surface area contributed by atoms with Crippen LogP contribution in [0.4, 0.5) is 0 Å². The van der Waals surface area contributed by atoms with Crippen molar-refractivity contribution in [1.82, 2.24) is 9.78 Å². The van der Waals surface area contributed by atoms with Crippen LogP contribution >= 0.6 is 23.2 Å². The highest BCUT2D eigenvalue weighted by Crippen LogP contribution is 2.37. The molecule has 5 nitrogen and oxygen atoms in total. The van der Waals surface area contributed by atoms with Crippen LogP contribution in [-0.4, -0.2) is 28.1 Å². The van der Waals surface area contributed by atoms with Gasteiger partial charge < -0.3 is 14.0 Å². The Hall–Kier alpha value is -1.99. The van der Waals surface area contributed by atoms with E-state index in [0.717, 1.165) is 28.0 Å². The van der Waals surface area contributed by atoms with Gasteiger partial charge in [0, 0.05) is 0 Å². The summed E-state index contributed by atoms with van der Waals surface area (Å²) in [5.41, 5.74) is 3.93. The predicted molar refractivity (Wildman–Crippen MR) is 139 cm³/mol. The van der Waals surface area contributed by atoms with Crippen LogP contribution in [0.15, 0.2) is 42.6 Å². The Morgan fingerprint density at radius 1 is 1.03 bits per heavy atom. The molecule has 34 heavy (non-hydrogen) atoms. The van der Waals surface area contributed by atoms with Crippen LogP contribution in [-0.2, 0) is 15.9 Å². The maximum Gasteiger partial charge on any atom is 0.495 e. The molecule has 1 aromatic heterocycles. The van der Waals surface area contributed by atoms with Gasteiger partial charge in [-0.25, -0.2) is 4.68 Å². The summed E-state index contributed by atoms with van der Waals surface area (Å²) < 4.78 is 20.5. The van der Waals surface area contributed by atoms with Crippen molar-refractivity contribution in [3.8, 4) is 11.4 Å². The van der Waals surface area contributed by atoms with E-state index in [1.807, 2.05) is 49.5 Å². The van der Waals surface area contributed by atoms with Crippen molar-refractivity contribution in [2.75, 3.05) is 0 Å². The zero-order valence-corrected chi connectivity index (χ0v) is 22.3. The number of ether oxygens (including phenoxy) is 1. The highest BCUT2D eigenvalue weighted by Gasteiger charge is 2.52. The molecule has 1 fully saturated rings. The first-order valence-electron chi connectivity index (χ1n) is 11.5. The van der Waals surface area contributed by atoms with Gasteiger partial charge in [0.1, 0.15) is 18.0 Å². The van der Waals surface area contributed by atoms with Gasteiger partial charge in [-0.1, -0.05) is 49.2 Å². The first kappa shape index (κ1) is 25.1. The van der Waals surface area contributed by atoms with Crippen molar-refractivity contribution in [2.24, 2.45) is 0 Å². The predicted octanol–water partition coefficient (Wildman–Crippen LogP) is 6.49. The molecule has 2 aromatic carbocycles. The molecule has 1 aliphatic rings. The minimum atomic E-state index is -0.407. The van der Waals surface area contributed by atoms with E-state index in [-0.39, 0.29) is 17.1 Å². The number of para-hydroxylation sites is 1. The summed E-state index contributed by atoms with van der Waals surface area (Å²) in [5.74, 6) is 1.02. The molecule has 0 aliphatic carbocycles. The number of nitrogens with zero attached hydrogens (tertiary/aromatic N) is 2. The third-order valence-corrected chi connectivity index (χ3v) is 7.41. The van der Waals surface area contributed by atoms with E-state index in [0.29, 0.717) is 22.3 Å². The van der Waals surface area contributed by atoms with Crippen LogP contribution in [0.25, 0.3) is 5.69 Å². The Kier molecular flexibility index (Phi) is 6.82. The van der Waals surface area contributed by atoms with E-state index in [2.05, 4.69) is 46.6 Å². The van der Waals surface area contributed by atoms with Gasteiger partial charge in [0.05, 0.1) is 33.1 Å². The van der Waals surface area contributed by atoms with E-state index in [9.17, 15) is 0 Å². The zero-order valence-electron chi connectivity index (χ0n) is 20.8. The fourth-order valence-electron chi connectivity index (χ4n) is 4.02. The lowest BCUT2D eigenvalue weighted by Crippen LogP contribution is -2.41. The fraction of sp³-hybridized carbons (Fsp3) is 0.423. The second-order valence-corrected chi connectivity index (χ2v) is 10.9. The molecule has 0 atom stereocenters. The Morgan fingerprint density at radius 3 is 2.21 bits per heavy atom. The zero-order chi connectivity index (χ0) is 24.8. The molecule has 1 saturated heterocycles. The lowest BCUT2D eigenvalue weighted by Gasteiger charge is -2.32. The number of benzene rings is 2. The van der Waals surface area contributed by atoms with Crippen LogP contribution in [0.1, 0.15) is 64.3 Å². The first-order valence-corrected chi connectivity index (χ1v) is 12.3. The third kappa shape index (κ3) is 4.61. The molecule has 0 spiro atoms. The van der Waals surface area contributed by atoms with Crippen molar-refractivity contribution in [2.45, 2.75) is 72.2 Å². The van der Waals surface area contributed by atoms with Gasteiger partial charge in [0.25, 0.3) is 0 Å². The normalized spacial score (nSPS) is 16.9. The Bertz CT molecular complexity index is 1170. The van der Waals surface area contributed by atoms with Gasteiger partial charge in [-0.3, -0.25) is 0 Å². The van der Waals surface area contributed by atoms with Gasteiger partial charge >= 0.3 is 7.12 Å². The summed E-state index contributed by atoms with van der Waals surface area (Å²) in [6, 6.07) is 11.4. The smallest absolute Gasteiger partial charge is 0.487 e. The molecule has 0 N–H and O–H groups in total. The average molecular weight is 501 g/mol. The van der Waals surface area contributed by atoms with Crippen LogP contribution in [0, 0.1) is 6.92 Å². The van der Waals surface area contributed by atoms with Gasteiger partial charge in [-0.15, -0.1) is 0 Å². The number of aromatic nitrogens is 2. The van der Waals surface area contributed by atoms with Crippen molar-refractivity contribution < 1.29 is 14.0 Å². The maximum absolute atomic E-state index is 6.47. The molecule has 0 saturated carbocycles. The minimum Gasteiger partial charge on any atom is -0.487 e. The van der Waals surface area contributed by atoms with E-state index in [1.54, 1.807) is 4.68 Å². The largest absolute Gasteiger partial charge is 0.495 e. The molecule has 3 aromatic rings. The molecular formula is C26H31BCl2N2O3. The maximum atomic E-state index is 6.47. The number of aryl methyl sites for hydroxylation is 1. The Balaban J connectivity index is 1.59. The second-order valence-electron chi connectivity index (χ2n) is 10.1. The quantitative estimate of drug-likeness (QED) is 0.363. The van der Waals surface area contributed by atoms with E-state index in [4.69, 9.17) is 37.2 Å². The topological polar surface area (TPSA) is 45.5 Å². The van der Waals surface area contributed by atoms with Crippen molar-refractivity contribution in [3.05, 3.63) is 69.5 Å². The summed E-state index contributed by atoms with van der Waals surface area (Å²) in [7, 11) is -0.407. The van der Waals surface area contributed by atoms with Crippen LogP contribution < -0.4 is 10.2 Å². The molecule has 2 heterocycles. The average Bonchev–Trinajstić information content (AvgIpc) is 3.24. The minimum absolute atomic E-state index is 0.265. The van der Waals surface area contributed by atoms with E-state index < -0.39 is 7.12 Å². The number of rotatable bonds is 6. The van der Waals surface area contributed by atoms with E-state index in [1.165, 1.54) is 0 Å². The fourth-order valence-corrected chi connectivity index (χ4v) is 4.58. The molecule has 0 bridgehead atoms. The Labute approximate surface area is 212 Å². The van der Waals surface area contributed by atoms with E-state index >= 15 is 0 Å². The molecule has 8 heteroatoms. The lowest BCUT2D eigenvalue weighted by molar-refractivity contribution is 0.00578. The molecule has 0 radical (unpaired) electrons. The monoisotopic (exact) mass is 500 g/mol. The van der Waals surface area contributed by atoms with Crippen molar-refractivity contribution in [3.63, 3.8) is 0 Å². The highest BCUT2D eigenvalue weighted by atomic mass is 35.5. The van der Waals surface area contributed by atoms with Gasteiger partial charge in [-0.2, -0.15) is 5.10 Å². The van der Waals surface area contributed by atoms with Crippen LogP contribution in [0.5, 0.6) is 5.75 Å². The second kappa shape index (κ2) is 9.23. The highest BCUT2D eigenvalue weighted by molar-refractivity contribution is 6.62. The lowest BCUT2D eigenvalue weighted by atomic mass is 9.76. The Morgan fingerprint density at radius 2 is 1.65 bits per heavy atom. The molecule has 180 valence electrons. The van der Waals surface area contributed by atoms with Crippen molar-refractivity contribution in [1.29, 1.82) is 0 Å². The number of halogens is 2. The summed E-state index contributed by atoms with van der Waals surface area (Å²) in [6.07, 6.45) is 1.86. The molecule has 4 rings (SSSR count). The van der Waals surface area contributed by atoms with Gasteiger partial charge in [0.2, 0.25) is 0 Å². The molecule has 0 unspecified atom stereocenters. The summed E-state index contributed by atoms with van der Waals surface area (Å²) in [4.78, 5) is 0. The van der Waals surface area contributed by atoms with Gasteiger partial charge in [-0.05, 0) is 81.4 Å². The number of hydrogen-bond donors (Lipinski definition) is 0. The third-order valence-electron chi connectivity index (χ3n) is 6.80. The molecular weight excluding hydrogens is 470 g/mol. The summed E-state index contributed by atoms with van der Waals surface area (Å²) in [5, 5.41) is 5.66. The van der Waals surface area contributed by atoms with Gasteiger partial charge in [0.15, 0.2) is 0 Å². The molecule has 0 amide bonds. The van der Waals surface area contributed by atoms with Crippen LogP contribution in [0.2, 0.25) is 10.0 Å². The standard InChI is InChI=1S/C26H31BCl2N2O3/c1-16(2)19-14-30-31(24-21(28)9-8-10-22(24)29)23(19)15-32-18-11-12-20(17(3)13-18)27-33-25(4,5)26(6,7)34-27/h8-14,16H,15H2,1-7H3. The van der Waals surface area contributed by atoms with Crippen LogP contribution in [0.3, 0.4) is 0 Å². The summed E-state index contributed by atoms with van der Waals surface area (Å²) >= 11 is 12.9. The SMILES string of the molecule is Cc1cc(OCc2c(C(C)C)cnn2-c2c(Cl)cccc2Cl)ccc1B1OC(C)(C)C(C)(C)O1. The molecule has 1 aliphatic heterocycles. The number of hydrogen-bond acceptors (Lipinski definition) is 4. The summed E-state index contributed by atoms with van der Waals surface area (Å²) in [6.45, 7) is 14.8.